The van der Waals surface area contributed by atoms with Gasteiger partial charge < -0.3 is 9.64 Å². The number of benzene rings is 2. The second-order valence-electron chi connectivity index (χ2n) is 7.35. The van der Waals surface area contributed by atoms with Gasteiger partial charge in [-0.1, -0.05) is 6.07 Å². The topological polar surface area (TPSA) is 75.7 Å². The summed E-state index contributed by atoms with van der Waals surface area (Å²) in [6, 6.07) is 7.06. The van der Waals surface area contributed by atoms with Gasteiger partial charge in [-0.3, -0.25) is 4.72 Å². The number of anilines is 2. The molecule has 2 aromatic carbocycles. The number of carbonyl (C=O) groups is 1. The van der Waals surface area contributed by atoms with E-state index in [2.05, 4.69) is 9.46 Å². The van der Waals surface area contributed by atoms with Crippen LogP contribution < -0.4 is 9.62 Å². The Morgan fingerprint density at radius 2 is 1.74 bits per heavy atom. The molecule has 0 unspecified atom stereocenters. The Labute approximate surface area is 179 Å². The fourth-order valence-corrected chi connectivity index (χ4v) is 4.88. The number of halogens is 3. The van der Waals surface area contributed by atoms with E-state index in [9.17, 15) is 26.4 Å². The molecule has 1 aliphatic heterocycles. The average Bonchev–Trinajstić information content (AvgIpc) is 2.73. The SMILES string of the molecule is COC(=O)c1ccc(C)c(S(=O)(=O)Nc2cc(C(F)(F)F)ccc2N2CCCCC2)c1. The number of nitrogens with zero attached hydrogens (tertiary/aromatic N) is 1. The summed E-state index contributed by atoms with van der Waals surface area (Å²) >= 11 is 0. The van der Waals surface area contributed by atoms with Gasteiger partial charge in [-0.2, -0.15) is 13.2 Å². The molecule has 1 heterocycles. The van der Waals surface area contributed by atoms with Crippen LogP contribution in [0.3, 0.4) is 0 Å². The Balaban J connectivity index is 2.06. The molecule has 0 amide bonds. The molecule has 0 saturated carbocycles. The van der Waals surface area contributed by atoms with Crippen LogP contribution in [0.5, 0.6) is 0 Å². The molecule has 168 valence electrons. The van der Waals surface area contributed by atoms with Crippen LogP contribution in [0.25, 0.3) is 0 Å². The van der Waals surface area contributed by atoms with Crippen LogP contribution in [0.2, 0.25) is 0 Å². The molecule has 0 radical (unpaired) electrons. The average molecular weight is 456 g/mol. The Bertz CT molecular complexity index is 1080. The predicted molar refractivity (Wildman–Crippen MR) is 111 cm³/mol. The Morgan fingerprint density at radius 3 is 2.35 bits per heavy atom. The van der Waals surface area contributed by atoms with Gasteiger partial charge >= 0.3 is 12.1 Å². The van der Waals surface area contributed by atoms with Gasteiger partial charge in [-0.05, 0) is 62.1 Å². The van der Waals surface area contributed by atoms with Crippen molar-refractivity contribution in [1.82, 2.24) is 0 Å². The predicted octanol–water partition coefficient (Wildman–Crippen LogP) is 4.59. The van der Waals surface area contributed by atoms with E-state index < -0.39 is 27.7 Å². The first-order valence-corrected chi connectivity index (χ1v) is 11.2. The molecule has 3 rings (SSSR count). The van der Waals surface area contributed by atoms with Crippen molar-refractivity contribution in [2.75, 3.05) is 29.8 Å². The molecular weight excluding hydrogens is 433 g/mol. The third-order valence-corrected chi connectivity index (χ3v) is 6.67. The molecule has 0 atom stereocenters. The molecule has 0 aliphatic carbocycles. The Hall–Kier alpha value is -2.75. The van der Waals surface area contributed by atoms with Crippen LogP contribution in [0.15, 0.2) is 41.3 Å². The van der Waals surface area contributed by atoms with Crippen molar-refractivity contribution in [1.29, 1.82) is 0 Å². The Morgan fingerprint density at radius 1 is 1.06 bits per heavy atom. The minimum absolute atomic E-state index is 0.0220. The molecule has 1 saturated heterocycles. The lowest BCUT2D eigenvalue weighted by atomic mass is 10.1. The lowest BCUT2D eigenvalue weighted by Crippen LogP contribution is -2.30. The number of hydrogen-bond acceptors (Lipinski definition) is 5. The summed E-state index contributed by atoms with van der Waals surface area (Å²) in [5, 5.41) is 0. The van der Waals surface area contributed by atoms with E-state index in [-0.39, 0.29) is 16.1 Å². The van der Waals surface area contributed by atoms with E-state index >= 15 is 0 Å². The number of nitrogens with one attached hydrogen (secondary N) is 1. The largest absolute Gasteiger partial charge is 0.465 e. The molecule has 0 bridgehead atoms. The van der Waals surface area contributed by atoms with Gasteiger partial charge in [0.25, 0.3) is 10.0 Å². The van der Waals surface area contributed by atoms with E-state index in [0.717, 1.165) is 37.5 Å². The monoisotopic (exact) mass is 456 g/mol. The first kappa shape index (κ1) is 22.9. The zero-order chi connectivity index (χ0) is 22.8. The molecular formula is C21H23F3N2O4S. The van der Waals surface area contributed by atoms with Gasteiger partial charge in [0.05, 0.1) is 34.5 Å². The number of alkyl halides is 3. The van der Waals surface area contributed by atoms with Gasteiger partial charge in [-0.25, -0.2) is 13.2 Å². The molecule has 31 heavy (non-hydrogen) atoms. The van der Waals surface area contributed by atoms with Crippen molar-refractivity contribution >= 4 is 27.4 Å². The Kier molecular flexibility index (Phi) is 6.49. The van der Waals surface area contributed by atoms with E-state index in [4.69, 9.17) is 0 Å². The maximum Gasteiger partial charge on any atom is 0.416 e. The van der Waals surface area contributed by atoms with Crippen molar-refractivity contribution in [3.05, 3.63) is 53.1 Å². The fraction of sp³-hybridized carbons (Fsp3) is 0.381. The standard InChI is InChI=1S/C21H23F3N2O4S/c1-14-6-7-15(20(27)30-2)12-19(14)31(28,29)25-17-13-16(21(22,23)24)8-9-18(17)26-10-4-3-5-11-26/h6-9,12-13,25H,3-5,10-11H2,1-2H3. The number of piperidine rings is 1. The number of sulfonamides is 1. The minimum atomic E-state index is -4.62. The highest BCUT2D eigenvalue weighted by Crippen LogP contribution is 2.37. The molecule has 10 heteroatoms. The second-order valence-corrected chi connectivity index (χ2v) is 9.01. The van der Waals surface area contributed by atoms with Crippen molar-refractivity contribution in [3.63, 3.8) is 0 Å². The summed E-state index contributed by atoms with van der Waals surface area (Å²) in [5.74, 6) is -0.718. The number of hydrogen-bond donors (Lipinski definition) is 1. The van der Waals surface area contributed by atoms with E-state index in [1.165, 1.54) is 32.2 Å². The third-order valence-electron chi connectivity index (χ3n) is 5.16. The van der Waals surface area contributed by atoms with Crippen LogP contribution in [-0.4, -0.2) is 34.6 Å². The third kappa shape index (κ3) is 5.12. The number of esters is 1. The van der Waals surface area contributed by atoms with Crippen LogP contribution in [0.4, 0.5) is 24.5 Å². The summed E-state index contributed by atoms with van der Waals surface area (Å²) in [6.45, 7) is 2.78. The van der Waals surface area contributed by atoms with E-state index in [1.807, 2.05) is 4.90 Å². The zero-order valence-corrected chi connectivity index (χ0v) is 17.9. The van der Waals surface area contributed by atoms with E-state index in [1.54, 1.807) is 0 Å². The number of carbonyl (C=O) groups excluding carboxylic acids is 1. The maximum atomic E-state index is 13.3. The van der Waals surface area contributed by atoms with Gasteiger partial charge in [0.15, 0.2) is 0 Å². The number of ether oxygens (including phenoxy) is 1. The highest BCUT2D eigenvalue weighted by molar-refractivity contribution is 7.92. The summed E-state index contributed by atoms with van der Waals surface area (Å²) in [6.07, 6.45) is -1.87. The normalized spacial score (nSPS) is 14.9. The summed E-state index contributed by atoms with van der Waals surface area (Å²) in [4.78, 5) is 13.5. The molecule has 0 aromatic heterocycles. The zero-order valence-electron chi connectivity index (χ0n) is 17.1. The fourth-order valence-electron chi connectivity index (χ4n) is 3.54. The van der Waals surface area contributed by atoms with Crippen LogP contribution in [0.1, 0.15) is 40.7 Å². The first-order chi connectivity index (χ1) is 14.5. The number of rotatable bonds is 5. The lowest BCUT2D eigenvalue weighted by molar-refractivity contribution is -0.137. The number of aryl methyl sites for hydroxylation is 1. The highest BCUT2D eigenvalue weighted by atomic mass is 32.2. The van der Waals surface area contributed by atoms with Crippen molar-refractivity contribution < 1.29 is 31.1 Å². The van der Waals surface area contributed by atoms with Crippen LogP contribution >= 0.6 is 0 Å². The first-order valence-electron chi connectivity index (χ1n) is 9.71. The van der Waals surface area contributed by atoms with Crippen molar-refractivity contribution in [2.24, 2.45) is 0 Å². The molecule has 1 aliphatic rings. The molecule has 2 aromatic rings. The lowest BCUT2D eigenvalue weighted by Gasteiger charge is -2.31. The molecule has 0 spiro atoms. The van der Waals surface area contributed by atoms with Gasteiger partial charge in [0, 0.05) is 13.1 Å². The summed E-state index contributed by atoms with van der Waals surface area (Å²) < 4.78 is 73.1. The van der Waals surface area contributed by atoms with Gasteiger partial charge in [-0.15, -0.1) is 0 Å². The van der Waals surface area contributed by atoms with Crippen molar-refractivity contribution in [2.45, 2.75) is 37.3 Å². The summed E-state index contributed by atoms with van der Waals surface area (Å²) in [5.41, 5.74) is -0.357. The van der Waals surface area contributed by atoms with E-state index in [0.29, 0.717) is 24.3 Å². The van der Waals surface area contributed by atoms with Crippen molar-refractivity contribution in [3.8, 4) is 0 Å². The van der Waals surface area contributed by atoms with Gasteiger partial charge in [0.2, 0.25) is 0 Å². The van der Waals surface area contributed by atoms with Crippen LogP contribution in [0, 0.1) is 6.92 Å². The minimum Gasteiger partial charge on any atom is -0.465 e. The van der Waals surface area contributed by atoms with Gasteiger partial charge in [0.1, 0.15) is 0 Å². The molecule has 6 nitrogen and oxygen atoms in total. The smallest absolute Gasteiger partial charge is 0.416 e. The van der Waals surface area contributed by atoms with Crippen LogP contribution in [-0.2, 0) is 20.9 Å². The molecule has 1 N–H and O–H groups in total. The number of methoxy groups -OCH3 is 1. The summed E-state index contributed by atoms with van der Waals surface area (Å²) in [7, 11) is -3.11. The highest BCUT2D eigenvalue weighted by Gasteiger charge is 2.32. The maximum absolute atomic E-state index is 13.3. The molecule has 1 fully saturated rings. The second kappa shape index (κ2) is 8.78. The quantitative estimate of drug-likeness (QED) is 0.666.